The highest BCUT2D eigenvalue weighted by molar-refractivity contribution is 5.98. The highest BCUT2D eigenvalue weighted by Gasteiger charge is 2.56. The van der Waals surface area contributed by atoms with Crippen LogP contribution in [-0.4, -0.2) is 40.0 Å². The van der Waals surface area contributed by atoms with Gasteiger partial charge in [-0.25, -0.2) is 0 Å². The number of carbonyl (C=O) groups is 3. The van der Waals surface area contributed by atoms with Crippen molar-refractivity contribution >= 4 is 17.6 Å². The van der Waals surface area contributed by atoms with Gasteiger partial charge in [0.05, 0.1) is 12.0 Å². The summed E-state index contributed by atoms with van der Waals surface area (Å²) >= 11 is 0. The Morgan fingerprint density at radius 1 is 0.976 bits per heavy atom. The van der Waals surface area contributed by atoms with Gasteiger partial charge in [-0.1, -0.05) is 55.3 Å². The lowest BCUT2D eigenvalue weighted by atomic mass is 9.71. The first-order valence-corrected chi connectivity index (χ1v) is 15.1. The molecule has 1 spiro atoms. The van der Waals surface area contributed by atoms with E-state index in [4.69, 9.17) is 0 Å². The van der Waals surface area contributed by atoms with Gasteiger partial charge in [0.1, 0.15) is 11.9 Å². The normalized spacial score (nSPS) is 23.0. The number of carbonyl (C=O) groups excluding carboxylic acids is 3. The van der Waals surface area contributed by atoms with Crippen molar-refractivity contribution in [1.29, 1.82) is 0 Å². The number of rotatable bonds is 9. The zero-order valence-corrected chi connectivity index (χ0v) is 23.9. The largest absolute Gasteiger partial charge is 0.508 e. The monoisotopic (exact) mass is 558 g/mol. The van der Waals surface area contributed by atoms with Crippen LogP contribution in [0.4, 0.5) is 0 Å². The van der Waals surface area contributed by atoms with Crippen molar-refractivity contribution in [3.63, 3.8) is 0 Å². The van der Waals surface area contributed by atoms with Crippen molar-refractivity contribution in [2.45, 2.75) is 89.7 Å². The summed E-state index contributed by atoms with van der Waals surface area (Å²) in [6.07, 6.45) is 10.1. The number of phenolic OH excluding ortho intramolecular Hbond substituents is 1. The Balaban J connectivity index is 1.40. The van der Waals surface area contributed by atoms with Crippen LogP contribution in [0.3, 0.4) is 0 Å². The van der Waals surface area contributed by atoms with Crippen LogP contribution in [0.5, 0.6) is 5.75 Å². The van der Waals surface area contributed by atoms with Gasteiger partial charge in [0.15, 0.2) is 5.78 Å². The molecule has 7 heteroatoms. The van der Waals surface area contributed by atoms with Crippen molar-refractivity contribution in [3.05, 3.63) is 77.0 Å². The Kier molecular flexibility index (Phi) is 8.93. The van der Waals surface area contributed by atoms with Gasteiger partial charge in [0.2, 0.25) is 5.91 Å². The highest BCUT2D eigenvalue weighted by atomic mass is 16.3. The predicted molar refractivity (Wildman–Crippen MR) is 157 cm³/mol. The SMILES string of the molecule is Cc1c(O)cccc1C(=O)N[C@@H](Cc1ccccc1)[C@H](O)C(=O)C1CCC2(CCCC2)[C@@H]1C(=O)NC1=CCCCC1. The predicted octanol–water partition coefficient (Wildman–Crippen LogP) is 5.13. The molecular formula is C34H42N2O5. The van der Waals surface area contributed by atoms with Gasteiger partial charge in [-0.15, -0.1) is 0 Å². The quantitative estimate of drug-likeness (QED) is 0.341. The van der Waals surface area contributed by atoms with E-state index in [2.05, 4.69) is 16.7 Å². The minimum Gasteiger partial charge on any atom is -0.508 e. The summed E-state index contributed by atoms with van der Waals surface area (Å²) in [4.78, 5) is 41.3. The van der Waals surface area contributed by atoms with Crippen LogP contribution in [0.25, 0.3) is 0 Å². The highest BCUT2D eigenvalue weighted by Crippen LogP contribution is 2.57. The molecule has 0 radical (unpaired) electrons. The molecule has 5 rings (SSSR count). The molecule has 41 heavy (non-hydrogen) atoms. The van der Waals surface area contributed by atoms with Gasteiger partial charge in [0.25, 0.3) is 5.91 Å². The van der Waals surface area contributed by atoms with E-state index in [-0.39, 0.29) is 34.8 Å². The average molecular weight is 559 g/mol. The number of amides is 2. The second-order valence-corrected chi connectivity index (χ2v) is 12.2. The molecule has 2 aromatic rings. The fraction of sp³-hybridized carbons (Fsp3) is 0.500. The molecule has 3 aliphatic rings. The van der Waals surface area contributed by atoms with Crippen molar-refractivity contribution in [2.24, 2.45) is 17.3 Å². The van der Waals surface area contributed by atoms with E-state index >= 15 is 0 Å². The summed E-state index contributed by atoms with van der Waals surface area (Å²) in [5.74, 6) is -2.03. The molecule has 0 bridgehead atoms. The number of hydrogen-bond acceptors (Lipinski definition) is 5. The molecule has 0 saturated heterocycles. The van der Waals surface area contributed by atoms with E-state index in [1.54, 1.807) is 19.1 Å². The van der Waals surface area contributed by atoms with E-state index in [0.29, 0.717) is 12.0 Å². The van der Waals surface area contributed by atoms with E-state index in [9.17, 15) is 24.6 Å². The lowest BCUT2D eigenvalue weighted by Crippen LogP contribution is -2.52. The van der Waals surface area contributed by atoms with Crippen LogP contribution in [0, 0.1) is 24.2 Å². The van der Waals surface area contributed by atoms with Gasteiger partial charge in [0, 0.05) is 22.7 Å². The zero-order valence-electron chi connectivity index (χ0n) is 23.9. The molecule has 0 aromatic heterocycles. The van der Waals surface area contributed by atoms with Crippen molar-refractivity contribution in [1.82, 2.24) is 10.6 Å². The molecule has 0 aliphatic heterocycles. The molecule has 2 fully saturated rings. The number of nitrogens with one attached hydrogen (secondary N) is 2. The number of benzene rings is 2. The first kappa shape index (κ1) is 29.1. The number of aromatic hydroxyl groups is 1. The van der Waals surface area contributed by atoms with E-state index in [1.165, 1.54) is 6.07 Å². The third-order valence-electron chi connectivity index (χ3n) is 9.67. The smallest absolute Gasteiger partial charge is 0.252 e. The van der Waals surface area contributed by atoms with E-state index < -0.39 is 29.9 Å². The molecule has 218 valence electrons. The number of Topliss-reactive ketones (excluding diaryl/α,β-unsaturated/α-hetero) is 1. The number of aliphatic hydroxyl groups excluding tert-OH is 1. The molecule has 2 saturated carbocycles. The van der Waals surface area contributed by atoms with Gasteiger partial charge >= 0.3 is 0 Å². The minimum atomic E-state index is -1.48. The Bertz CT molecular complexity index is 1300. The third kappa shape index (κ3) is 6.25. The third-order valence-corrected chi connectivity index (χ3v) is 9.67. The fourth-order valence-electron chi connectivity index (χ4n) is 7.43. The molecule has 1 unspecified atom stereocenters. The van der Waals surface area contributed by atoms with Crippen LogP contribution < -0.4 is 10.6 Å². The Labute approximate surface area is 242 Å². The Morgan fingerprint density at radius 3 is 2.44 bits per heavy atom. The maximum absolute atomic E-state index is 14.1. The number of phenols is 1. The Hall–Kier alpha value is -3.45. The van der Waals surface area contributed by atoms with E-state index in [1.807, 2.05) is 30.3 Å². The van der Waals surface area contributed by atoms with Gasteiger partial charge in [-0.05, 0) is 87.8 Å². The maximum Gasteiger partial charge on any atom is 0.252 e. The molecule has 4 N–H and O–H groups in total. The van der Waals surface area contributed by atoms with Crippen molar-refractivity contribution < 1.29 is 24.6 Å². The van der Waals surface area contributed by atoms with Gasteiger partial charge in [-0.2, -0.15) is 0 Å². The number of hydrogen-bond donors (Lipinski definition) is 4. The fourth-order valence-corrected chi connectivity index (χ4v) is 7.43. The topological polar surface area (TPSA) is 116 Å². The maximum atomic E-state index is 14.1. The molecule has 0 heterocycles. The van der Waals surface area contributed by atoms with Crippen LogP contribution in [0.2, 0.25) is 0 Å². The molecule has 3 aliphatic carbocycles. The number of aliphatic hydroxyl groups is 1. The van der Waals surface area contributed by atoms with E-state index in [0.717, 1.165) is 69.0 Å². The van der Waals surface area contributed by atoms with Crippen molar-refractivity contribution in [3.8, 4) is 5.75 Å². The molecule has 2 aromatic carbocycles. The summed E-state index contributed by atoms with van der Waals surface area (Å²) < 4.78 is 0. The second kappa shape index (κ2) is 12.6. The van der Waals surface area contributed by atoms with Crippen molar-refractivity contribution in [2.75, 3.05) is 0 Å². The summed E-state index contributed by atoms with van der Waals surface area (Å²) in [7, 11) is 0. The number of allylic oxidation sites excluding steroid dienone is 2. The summed E-state index contributed by atoms with van der Waals surface area (Å²) in [5.41, 5.74) is 2.32. The Morgan fingerprint density at radius 2 is 1.73 bits per heavy atom. The standard InChI is InChI=1S/C34H42N2O5/c1-22-25(15-10-16-28(22)37)32(40)36-27(21-23-11-4-2-5-12-23)31(39)30(38)26-17-20-34(18-8-9-19-34)29(26)33(41)35-24-13-6-3-7-14-24/h2,4-5,10-13,15-16,26-27,29,31,37,39H,3,6-9,14,17-21H2,1H3,(H,35,41)(H,36,40)/t26?,27-,29-,31-/m0/s1. The van der Waals surface area contributed by atoms with Crippen LogP contribution in [0.1, 0.15) is 85.7 Å². The van der Waals surface area contributed by atoms with Crippen LogP contribution in [0.15, 0.2) is 60.3 Å². The van der Waals surface area contributed by atoms with Crippen LogP contribution in [-0.2, 0) is 16.0 Å². The van der Waals surface area contributed by atoms with Crippen LogP contribution >= 0.6 is 0 Å². The molecular weight excluding hydrogens is 516 g/mol. The average Bonchev–Trinajstić information content (AvgIpc) is 3.61. The van der Waals surface area contributed by atoms with Gasteiger partial charge in [-0.3, -0.25) is 14.4 Å². The lowest BCUT2D eigenvalue weighted by molar-refractivity contribution is -0.140. The lowest BCUT2D eigenvalue weighted by Gasteiger charge is -2.34. The summed E-state index contributed by atoms with van der Waals surface area (Å²) in [6, 6.07) is 13.3. The molecule has 4 atom stereocenters. The molecule has 7 nitrogen and oxygen atoms in total. The summed E-state index contributed by atoms with van der Waals surface area (Å²) in [6.45, 7) is 1.66. The minimum absolute atomic E-state index is 0.00337. The molecule has 2 amide bonds. The number of ketones is 1. The van der Waals surface area contributed by atoms with Gasteiger partial charge < -0.3 is 20.8 Å². The first-order valence-electron chi connectivity index (χ1n) is 15.1. The zero-order chi connectivity index (χ0) is 29.0. The first-order chi connectivity index (χ1) is 19.8. The second-order valence-electron chi connectivity index (χ2n) is 12.2. The summed E-state index contributed by atoms with van der Waals surface area (Å²) in [5, 5.41) is 27.8.